The zero-order chi connectivity index (χ0) is 20.1. The van der Waals surface area contributed by atoms with Gasteiger partial charge in [0.2, 0.25) is 0 Å². The molecule has 0 amide bonds. The van der Waals surface area contributed by atoms with Crippen LogP contribution in [0.25, 0.3) is 10.9 Å². The highest BCUT2D eigenvalue weighted by atomic mass is 32.2. The molecule has 0 radical (unpaired) electrons. The molecule has 0 spiro atoms. The maximum Gasteiger partial charge on any atom is 0.135 e. The molecule has 0 bridgehead atoms. The number of rotatable bonds is 8. The molecule has 1 unspecified atom stereocenters. The number of ether oxygens (including phenoxy) is 1. The van der Waals surface area contributed by atoms with Crippen molar-refractivity contribution in [3.8, 4) is 5.75 Å². The van der Waals surface area contributed by atoms with E-state index in [1.807, 2.05) is 60.7 Å². The first-order valence-corrected chi connectivity index (χ1v) is 11.0. The fourth-order valence-corrected chi connectivity index (χ4v) is 4.42. The van der Waals surface area contributed by atoms with Gasteiger partial charge in [-0.3, -0.25) is 5.10 Å². The minimum atomic E-state index is -1.33. The van der Waals surface area contributed by atoms with Gasteiger partial charge in [-0.15, -0.1) is 0 Å². The lowest BCUT2D eigenvalue weighted by Crippen LogP contribution is -2.03. The van der Waals surface area contributed by atoms with Crippen LogP contribution in [0, 0.1) is 6.92 Å². The smallest absolute Gasteiger partial charge is 0.135 e. The molecule has 29 heavy (non-hydrogen) atoms. The minimum absolute atomic E-state index is 0.416. The van der Waals surface area contributed by atoms with Crippen molar-refractivity contribution < 1.29 is 13.1 Å². The summed E-state index contributed by atoms with van der Waals surface area (Å²) in [5.74, 6) is 0.689. The minimum Gasteiger partial charge on any atom is -0.491 e. The van der Waals surface area contributed by atoms with Gasteiger partial charge in [0.25, 0.3) is 0 Å². The third-order valence-corrected chi connectivity index (χ3v) is 6.38. The Kier molecular flexibility index (Phi) is 6.29. The Labute approximate surface area is 176 Å². The van der Waals surface area contributed by atoms with Crippen molar-refractivity contribution in [3.63, 3.8) is 0 Å². The summed E-state index contributed by atoms with van der Waals surface area (Å²) in [5.41, 5.74) is 1.97. The van der Waals surface area contributed by atoms with E-state index in [1.54, 1.807) is 0 Å². The molecule has 0 fully saturated rings. The van der Waals surface area contributed by atoms with E-state index >= 15 is 0 Å². The molecule has 4 aromatic rings. The number of aromatic amines is 1. The highest BCUT2D eigenvalue weighted by Crippen LogP contribution is 2.27. The first kappa shape index (κ1) is 19.7. The Balaban J connectivity index is 1.37. The zero-order valence-corrected chi connectivity index (χ0v) is 17.5. The number of H-pyrrole nitrogens is 1. The summed E-state index contributed by atoms with van der Waals surface area (Å²) >= 11 is 1.34. The van der Waals surface area contributed by atoms with Crippen molar-refractivity contribution in [2.24, 2.45) is 0 Å². The number of nitrogens with one attached hydrogen (secondary N) is 1. The van der Waals surface area contributed by atoms with Crippen molar-refractivity contribution in [1.29, 1.82) is 0 Å². The van der Waals surface area contributed by atoms with Gasteiger partial charge in [0.1, 0.15) is 28.2 Å². The van der Waals surface area contributed by atoms with E-state index in [-0.39, 0.29) is 0 Å². The molecular formula is C22H20N2O3S2. The van der Waals surface area contributed by atoms with Crippen molar-refractivity contribution in [1.82, 2.24) is 10.2 Å². The van der Waals surface area contributed by atoms with Crippen molar-refractivity contribution in [2.45, 2.75) is 21.7 Å². The van der Waals surface area contributed by atoms with Crippen LogP contribution < -0.4 is 4.74 Å². The average Bonchev–Trinajstić information content (AvgIpc) is 3.18. The second-order valence-electron chi connectivity index (χ2n) is 6.38. The van der Waals surface area contributed by atoms with Gasteiger partial charge in [0, 0.05) is 27.2 Å². The van der Waals surface area contributed by atoms with Gasteiger partial charge in [-0.05, 0) is 49.4 Å². The van der Waals surface area contributed by atoms with Crippen LogP contribution in [-0.4, -0.2) is 27.6 Å². The molecule has 0 aliphatic rings. The molecule has 4 rings (SSSR count). The molecule has 148 valence electrons. The number of fused-ring (bicyclic) bond motifs is 1. The predicted molar refractivity (Wildman–Crippen MR) is 116 cm³/mol. The number of aromatic nitrogens is 2. The molecule has 1 aromatic heterocycles. The third-order valence-electron chi connectivity index (χ3n) is 4.24. The SMILES string of the molecule is Cc1ccc(SOCCOc2ccc3n[nH]c(S(=O)c4ccccc4)c3c2)cc1. The van der Waals surface area contributed by atoms with Crippen LogP contribution in [-0.2, 0) is 15.0 Å². The Morgan fingerprint density at radius 2 is 1.79 bits per heavy atom. The van der Waals surface area contributed by atoms with E-state index in [0.29, 0.717) is 24.0 Å². The Bertz CT molecular complexity index is 1110. The molecule has 3 aromatic carbocycles. The second-order valence-corrected chi connectivity index (χ2v) is 8.67. The van der Waals surface area contributed by atoms with Crippen LogP contribution in [0.1, 0.15) is 5.56 Å². The van der Waals surface area contributed by atoms with E-state index in [9.17, 15) is 4.21 Å². The molecule has 1 atom stereocenters. The fourth-order valence-electron chi connectivity index (χ4n) is 2.76. The van der Waals surface area contributed by atoms with Crippen LogP contribution in [0.4, 0.5) is 0 Å². The lowest BCUT2D eigenvalue weighted by atomic mass is 10.2. The van der Waals surface area contributed by atoms with E-state index in [1.165, 1.54) is 17.6 Å². The second kappa shape index (κ2) is 9.26. The third kappa shape index (κ3) is 4.87. The lowest BCUT2D eigenvalue weighted by Gasteiger charge is -2.07. The highest BCUT2D eigenvalue weighted by molar-refractivity contribution is 7.94. The van der Waals surface area contributed by atoms with Crippen LogP contribution in [0.3, 0.4) is 0 Å². The maximum atomic E-state index is 12.9. The van der Waals surface area contributed by atoms with Gasteiger partial charge in [-0.25, -0.2) is 4.21 Å². The first-order chi connectivity index (χ1) is 14.2. The summed E-state index contributed by atoms with van der Waals surface area (Å²) in [6.07, 6.45) is 0. The molecule has 0 saturated heterocycles. The van der Waals surface area contributed by atoms with Crippen molar-refractivity contribution in [3.05, 3.63) is 78.4 Å². The number of hydrogen-bond donors (Lipinski definition) is 1. The highest BCUT2D eigenvalue weighted by Gasteiger charge is 2.14. The van der Waals surface area contributed by atoms with Gasteiger partial charge in [0.05, 0.1) is 12.1 Å². The standard InChI is InChI=1S/C22H20N2O3S2/c1-16-7-10-18(11-8-16)28-27-14-13-26-17-9-12-21-20(15-17)22(24-23-21)29(25)19-5-3-2-4-6-19/h2-12,15H,13-14H2,1H3,(H,23,24). The van der Waals surface area contributed by atoms with Gasteiger partial charge >= 0.3 is 0 Å². The summed E-state index contributed by atoms with van der Waals surface area (Å²) in [5, 5.41) is 8.52. The zero-order valence-electron chi connectivity index (χ0n) is 15.8. The van der Waals surface area contributed by atoms with E-state index in [0.717, 1.165) is 20.7 Å². The molecule has 1 heterocycles. The molecule has 0 aliphatic heterocycles. The quantitative estimate of drug-likeness (QED) is 0.313. The van der Waals surface area contributed by atoms with Crippen LogP contribution in [0.5, 0.6) is 5.75 Å². The fraction of sp³-hybridized carbons (Fsp3) is 0.136. The average molecular weight is 425 g/mol. The summed E-state index contributed by atoms with van der Waals surface area (Å²) in [6, 6.07) is 23.1. The summed E-state index contributed by atoms with van der Waals surface area (Å²) in [4.78, 5) is 1.79. The molecule has 0 aliphatic carbocycles. The number of aryl methyl sites for hydroxylation is 1. The summed E-state index contributed by atoms with van der Waals surface area (Å²) in [7, 11) is -1.33. The lowest BCUT2D eigenvalue weighted by molar-refractivity contribution is 0.239. The van der Waals surface area contributed by atoms with Crippen LogP contribution >= 0.6 is 12.0 Å². The summed E-state index contributed by atoms with van der Waals surface area (Å²) in [6.45, 7) is 2.92. The van der Waals surface area contributed by atoms with E-state index in [2.05, 4.69) is 29.3 Å². The number of hydrogen-bond acceptors (Lipinski definition) is 5. The number of nitrogens with zero attached hydrogens (tertiary/aromatic N) is 1. The Morgan fingerprint density at radius 1 is 1.00 bits per heavy atom. The Morgan fingerprint density at radius 3 is 2.59 bits per heavy atom. The normalized spacial score (nSPS) is 12.2. The van der Waals surface area contributed by atoms with Gasteiger partial charge in [-0.2, -0.15) is 5.10 Å². The molecule has 7 heteroatoms. The van der Waals surface area contributed by atoms with E-state index < -0.39 is 10.8 Å². The molecular weight excluding hydrogens is 404 g/mol. The van der Waals surface area contributed by atoms with Gasteiger partial charge < -0.3 is 8.92 Å². The molecule has 0 saturated carbocycles. The largest absolute Gasteiger partial charge is 0.491 e. The maximum absolute atomic E-state index is 12.9. The Hall–Kier alpha value is -2.61. The van der Waals surface area contributed by atoms with E-state index in [4.69, 9.17) is 8.92 Å². The van der Waals surface area contributed by atoms with Crippen LogP contribution in [0.15, 0.2) is 87.6 Å². The van der Waals surface area contributed by atoms with Gasteiger partial charge in [-0.1, -0.05) is 35.9 Å². The topological polar surface area (TPSA) is 64.2 Å². The monoisotopic (exact) mass is 424 g/mol. The first-order valence-electron chi connectivity index (χ1n) is 9.14. The van der Waals surface area contributed by atoms with Crippen molar-refractivity contribution >= 4 is 33.7 Å². The summed E-state index contributed by atoms with van der Waals surface area (Å²) < 4.78 is 24.3. The predicted octanol–water partition coefficient (Wildman–Crippen LogP) is 5.14. The molecule has 1 N–H and O–H groups in total. The molecule has 5 nitrogen and oxygen atoms in total. The number of benzene rings is 3. The van der Waals surface area contributed by atoms with Crippen molar-refractivity contribution in [2.75, 3.05) is 13.2 Å². The van der Waals surface area contributed by atoms with Gasteiger partial charge in [0.15, 0.2) is 0 Å². The van der Waals surface area contributed by atoms with Crippen LogP contribution in [0.2, 0.25) is 0 Å².